The first-order valence-corrected chi connectivity index (χ1v) is 3.22. The minimum Gasteiger partial charge on any atom is -0.373 e. The van der Waals surface area contributed by atoms with Gasteiger partial charge in [-0.25, -0.2) is 0 Å². The van der Waals surface area contributed by atoms with E-state index in [0.29, 0.717) is 0 Å². The molecule has 0 saturated heterocycles. The molecule has 0 aliphatic carbocycles. The summed E-state index contributed by atoms with van der Waals surface area (Å²) in [5.41, 5.74) is 0. The Kier molecular flexibility index (Phi) is 6.98. The minimum atomic E-state index is 0.723. The lowest BCUT2D eigenvalue weighted by molar-refractivity contribution is 0.194. The zero-order chi connectivity index (χ0) is 6.95. The van der Waals surface area contributed by atoms with Crippen LogP contribution in [0.5, 0.6) is 0 Å². The molecule has 0 rings (SSSR count). The summed E-state index contributed by atoms with van der Waals surface area (Å²) in [4.78, 5) is 0. The first-order chi connectivity index (χ1) is 4.41. The average molecular weight is 126 g/mol. The fourth-order valence-electron chi connectivity index (χ4n) is 0.397. The Morgan fingerprint density at radius 2 is 1.44 bits per heavy atom. The molecule has 0 heterocycles. The standard InChI is InChI=1S/C8H14O/c1-3-5-7-9-8-6-4-2/h3-6H,7-8H2,1-2H3/b5-3-,6-4+. The predicted octanol–water partition coefficient (Wildman–Crippen LogP) is 2.16. The average Bonchev–Trinajstić information content (AvgIpc) is 1.89. The SMILES string of the molecule is C/C=C\COC/C=C/C. The summed E-state index contributed by atoms with van der Waals surface area (Å²) in [6, 6.07) is 0. The van der Waals surface area contributed by atoms with Crippen molar-refractivity contribution in [2.75, 3.05) is 13.2 Å². The summed E-state index contributed by atoms with van der Waals surface area (Å²) < 4.78 is 5.14. The van der Waals surface area contributed by atoms with Gasteiger partial charge in [-0.3, -0.25) is 0 Å². The van der Waals surface area contributed by atoms with Crippen molar-refractivity contribution in [2.45, 2.75) is 13.8 Å². The third kappa shape index (κ3) is 7.44. The van der Waals surface area contributed by atoms with Crippen LogP contribution < -0.4 is 0 Å². The van der Waals surface area contributed by atoms with E-state index in [9.17, 15) is 0 Å². The summed E-state index contributed by atoms with van der Waals surface area (Å²) in [7, 11) is 0. The van der Waals surface area contributed by atoms with Gasteiger partial charge in [0.05, 0.1) is 13.2 Å². The van der Waals surface area contributed by atoms with Crippen molar-refractivity contribution in [2.24, 2.45) is 0 Å². The molecule has 0 aromatic heterocycles. The third-order valence-corrected chi connectivity index (χ3v) is 0.900. The van der Waals surface area contributed by atoms with Crippen LogP contribution in [-0.4, -0.2) is 13.2 Å². The predicted molar refractivity (Wildman–Crippen MR) is 40.4 cm³/mol. The number of hydrogen-bond acceptors (Lipinski definition) is 1. The zero-order valence-electron chi connectivity index (χ0n) is 6.13. The van der Waals surface area contributed by atoms with Crippen molar-refractivity contribution in [3.8, 4) is 0 Å². The molecule has 52 valence electrons. The highest BCUT2D eigenvalue weighted by Gasteiger charge is 1.74. The monoisotopic (exact) mass is 126 g/mol. The van der Waals surface area contributed by atoms with Crippen LogP contribution in [0.15, 0.2) is 24.3 Å². The Bertz CT molecular complexity index is 80.7. The Morgan fingerprint density at radius 1 is 1.00 bits per heavy atom. The molecule has 9 heavy (non-hydrogen) atoms. The smallest absolute Gasteiger partial charge is 0.0651 e. The maximum Gasteiger partial charge on any atom is 0.0651 e. The fraction of sp³-hybridized carbons (Fsp3) is 0.500. The van der Waals surface area contributed by atoms with Crippen LogP contribution in [0.25, 0.3) is 0 Å². The molecule has 0 unspecified atom stereocenters. The molecule has 0 fully saturated rings. The van der Waals surface area contributed by atoms with E-state index in [4.69, 9.17) is 4.74 Å². The lowest BCUT2D eigenvalue weighted by Gasteiger charge is -1.91. The largest absolute Gasteiger partial charge is 0.373 e. The molecule has 0 spiro atoms. The second-order valence-electron chi connectivity index (χ2n) is 1.68. The van der Waals surface area contributed by atoms with Crippen LogP contribution in [0.3, 0.4) is 0 Å². The number of hydrogen-bond donors (Lipinski definition) is 0. The van der Waals surface area contributed by atoms with E-state index in [0.717, 1.165) is 13.2 Å². The summed E-state index contributed by atoms with van der Waals surface area (Å²) >= 11 is 0. The molecular weight excluding hydrogens is 112 g/mol. The van der Waals surface area contributed by atoms with Gasteiger partial charge in [0.1, 0.15) is 0 Å². The van der Waals surface area contributed by atoms with Crippen LogP contribution in [0.4, 0.5) is 0 Å². The van der Waals surface area contributed by atoms with Crippen molar-refractivity contribution < 1.29 is 4.74 Å². The van der Waals surface area contributed by atoms with Crippen LogP contribution in [0.1, 0.15) is 13.8 Å². The summed E-state index contributed by atoms with van der Waals surface area (Å²) in [6.45, 7) is 5.42. The van der Waals surface area contributed by atoms with E-state index in [1.54, 1.807) is 0 Å². The summed E-state index contributed by atoms with van der Waals surface area (Å²) in [5.74, 6) is 0. The van der Waals surface area contributed by atoms with Crippen LogP contribution in [0, 0.1) is 0 Å². The van der Waals surface area contributed by atoms with E-state index >= 15 is 0 Å². The van der Waals surface area contributed by atoms with Gasteiger partial charge in [-0.2, -0.15) is 0 Å². The van der Waals surface area contributed by atoms with Gasteiger partial charge in [0.25, 0.3) is 0 Å². The Balaban J connectivity index is 2.91. The van der Waals surface area contributed by atoms with E-state index in [1.807, 2.05) is 38.2 Å². The highest BCUT2D eigenvalue weighted by Crippen LogP contribution is 1.78. The molecule has 0 aromatic carbocycles. The normalized spacial score (nSPS) is 11.8. The first kappa shape index (κ1) is 8.44. The Morgan fingerprint density at radius 3 is 1.78 bits per heavy atom. The maximum absolute atomic E-state index is 5.14. The van der Waals surface area contributed by atoms with Crippen LogP contribution in [0.2, 0.25) is 0 Å². The molecule has 0 bridgehead atoms. The van der Waals surface area contributed by atoms with E-state index in [2.05, 4.69) is 0 Å². The van der Waals surface area contributed by atoms with E-state index in [-0.39, 0.29) is 0 Å². The van der Waals surface area contributed by atoms with Gasteiger partial charge in [-0.1, -0.05) is 24.3 Å². The van der Waals surface area contributed by atoms with E-state index < -0.39 is 0 Å². The third-order valence-electron chi connectivity index (χ3n) is 0.900. The fourth-order valence-corrected chi connectivity index (χ4v) is 0.397. The van der Waals surface area contributed by atoms with Crippen LogP contribution in [-0.2, 0) is 4.74 Å². The Hall–Kier alpha value is -0.560. The van der Waals surface area contributed by atoms with Crippen molar-refractivity contribution >= 4 is 0 Å². The molecule has 0 amide bonds. The molecule has 0 atom stereocenters. The number of ether oxygens (including phenoxy) is 1. The molecule has 1 heteroatoms. The molecule has 0 radical (unpaired) electrons. The number of allylic oxidation sites excluding steroid dienone is 2. The van der Waals surface area contributed by atoms with Crippen molar-refractivity contribution in [1.29, 1.82) is 0 Å². The topological polar surface area (TPSA) is 9.23 Å². The second kappa shape index (κ2) is 7.44. The van der Waals surface area contributed by atoms with Gasteiger partial charge >= 0.3 is 0 Å². The van der Waals surface area contributed by atoms with Gasteiger partial charge in [0.2, 0.25) is 0 Å². The number of rotatable bonds is 4. The van der Waals surface area contributed by atoms with E-state index in [1.165, 1.54) is 0 Å². The molecule has 0 aromatic rings. The zero-order valence-corrected chi connectivity index (χ0v) is 6.13. The van der Waals surface area contributed by atoms with Crippen LogP contribution >= 0.6 is 0 Å². The van der Waals surface area contributed by atoms with Crippen molar-refractivity contribution in [3.63, 3.8) is 0 Å². The molecule has 0 saturated carbocycles. The van der Waals surface area contributed by atoms with Gasteiger partial charge in [0.15, 0.2) is 0 Å². The quantitative estimate of drug-likeness (QED) is 0.414. The van der Waals surface area contributed by atoms with Crippen molar-refractivity contribution in [3.05, 3.63) is 24.3 Å². The van der Waals surface area contributed by atoms with Gasteiger partial charge in [-0.05, 0) is 13.8 Å². The maximum atomic E-state index is 5.14. The first-order valence-electron chi connectivity index (χ1n) is 3.22. The molecule has 0 N–H and O–H groups in total. The molecule has 0 aliphatic rings. The minimum absolute atomic E-state index is 0.723. The Labute approximate surface area is 57.0 Å². The van der Waals surface area contributed by atoms with Gasteiger partial charge in [-0.15, -0.1) is 0 Å². The molecule has 0 aliphatic heterocycles. The highest BCUT2D eigenvalue weighted by atomic mass is 16.5. The molecular formula is C8H14O. The highest BCUT2D eigenvalue weighted by molar-refractivity contribution is 4.79. The summed E-state index contributed by atoms with van der Waals surface area (Å²) in [6.07, 6.45) is 7.94. The van der Waals surface area contributed by atoms with Gasteiger partial charge < -0.3 is 4.74 Å². The summed E-state index contributed by atoms with van der Waals surface area (Å²) in [5, 5.41) is 0. The molecule has 1 nitrogen and oxygen atoms in total. The second-order valence-corrected chi connectivity index (χ2v) is 1.68. The lowest BCUT2D eigenvalue weighted by atomic mass is 10.5. The van der Waals surface area contributed by atoms with Crippen molar-refractivity contribution in [1.82, 2.24) is 0 Å². The van der Waals surface area contributed by atoms with Gasteiger partial charge in [0, 0.05) is 0 Å². The lowest BCUT2D eigenvalue weighted by Crippen LogP contribution is -1.89.